The molecule has 1 aliphatic rings. The van der Waals surface area contributed by atoms with Gasteiger partial charge in [0.15, 0.2) is 15.9 Å². The summed E-state index contributed by atoms with van der Waals surface area (Å²) in [7, 11) is -2.92. The standard InChI is InChI=1S/C20H23NO4S/c1-15(20(22)21-13-16-11-12-26(23,24)14-16)25-19-9-7-18(8-10-19)17-5-3-2-4-6-17/h2-10,15-16H,11-14H2,1H3,(H,21,22)/t15-,16+/m0/s1. The molecular formula is C20H23NO4S. The van der Waals surface area contributed by atoms with Gasteiger partial charge in [-0.3, -0.25) is 4.79 Å². The molecule has 138 valence electrons. The Morgan fingerprint density at radius 1 is 1.12 bits per heavy atom. The summed E-state index contributed by atoms with van der Waals surface area (Å²) in [5.74, 6) is 0.759. The largest absolute Gasteiger partial charge is 0.481 e. The van der Waals surface area contributed by atoms with Gasteiger partial charge in [-0.15, -0.1) is 0 Å². The van der Waals surface area contributed by atoms with Crippen LogP contribution in [-0.4, -0.2) is 38.5 Å². The molecule has 1 heterocycles. The fraction of sp³-hybridized carbons (Fsp3) is 0.350. The highest BCUT2D eigenvalue weighted by Crippen LogP contribution is 2.22. The van der Waals surface area contributed by atoms with Crippen molar-refractivity contribution in [3.63, 3.8) is 0 Å². The van der Waals surface area contributed by atoms with Crippen molar-refractivity contribution in [3.05, 3.63) is 54.6 Å². The second-order valence-corrected chi connectivity index (χ2v) is 8.89. The number of benzene rings is 2. The summed E-state index contributed by atoms with van der Waals surface area (Å²) >= 11 is 0. The van der Waals surface area contributed by atoms with Crippen molar-refractivity contribution in [3.8, 4) is 16.9 Å². The lowest BCUT2D eigenvalue weighted by atomic mass is 10.1. The molecule has 26 heavy (non-hydrogen) atoms. The second kappa shape index (κ2) is 7.91. The quantitative estimate of drug-likeness (QED) is 0.845. The maximum Gasteiger partial charge on any atom is 0.260 e. The Kier molecular flexibility index (Phi) is 5.61. The monoisotopic (exact) mass is 373 g/mol. The summed E-state index contributed by atoms with van der Waals surface area (Å²) in [6, 6.07) is 17.6. The van der Waals surface area contributed by atoms with Gasteiger partial charge in [-0.2, -0.15) is 0 Å². The SMILES string of the molecule is C[C@H](Oc1ccc(-c2ccccc2)cc1)C(=O)NC[C@H]1CCS(=O)(=O)C1. The molecule has 0 saturated carbocycles. The summed E-state index contributed by atoms with van der Waals surface area (Å²) in [5, 5.41) is 2.79. The smallest absolute Gasteiger partial charge is 0.260 e. The van der Waals surface area contributed by atoms with E-state index in [9.17, 15) is 13.2 Å². The van der Waals surface area contributed by atoms with Crippen LogP contribution in [0.15, 0.2) is 54.6 Å². The lowest BCUT2D eigenvalue weighted by Crippen LogP contribution is -2.39. The van der Waals surface area contributed by atoms with Crippen LogP contribution in [0, 0.1) is 5.92 Å². The fourth-order valence-corrected chi connectivity index (χ4v) is 4.90. The van der Waals surface area contributed by atoms with Crippen LogP contribution < -0.4 is 10.1 Å². The normalized spacial score (nSPS) is 19.7. The van der Waals surface area contributed by atoms with Gasteiger partial charge in [0.05, 0.1) is 11.5 Å². The van der Waals surface area contributed by atoms with Crippen LogP contribution in [-0.2, 0) is 14.6 Å². The lowest BCUT2D eigenvalue weighted by Gasteiger charge is -2.16. The van der Waals surface area contributed by atoms with E-state index in [1.54, 1.807) is 6.92 Å². The van der Waals surface area contributed by atoms with Crippen LogP contribution in [0.2, 0.25) is 0 Å². The number of rotatable bonds is 6. The van der Waals surface area contributed by atoms with Crippen molar-refractivity contribution in [2.45, 2.75) is 19.4 Å². The van der Waals surface area contributed by atoms with Gasteiger partial charge in [0.1, 0.15) is 5.75 Å². The predicted molar refractivity (Wildman–Crippen MR) is 102 cm³/mol. The van der Waals surface area contributed by atoms with Gasteiger partial charge in [-0.05, 0) is 42.5 Å². The van der Waals surface area contributed by atoms with E-state index in [2.05, 4.69) is 5.32 Å². The number of sulfone groups is 1. The third-order valence-corrected chi connectivity index (χ3v) is 6.37. The van der Waals surface area contributed by atoms with Gasteiger partial charge in [0, 0.05) is 6.54 Å². The Hall–Kier alpha value is -2.34. The number of hydrogen-bond acceptors (Lipinski definition) is 4. The van der Waals surface area contributed by atoms with Gasteiger partial charge in [-0.25, -0.2) is 8.42 Å². The molecule has 2 aromatic rings. The molecule has 2 aromatic carbocycles. The first kappa shape index (κ1) is 18.5. The highest BCUT2D eigenvalue weighted by molar-refractivity contribution is 7.91. The van der Waals surface area contributed by atoms with Crippen LogP contribution >= 0.6 is 0 Å². The highest BCUT2D eigenvalue weighted by atomic mass is 32.2. The average molecular weight is 373 g/mol. The molecule has 1 amide bonds. The molecule has 1 N–H and O–H groups in total. The number of carbonyl (C=O) groups excluding carboxylic acids is 1. The summed E-state index contributed by atoms with van der Waals surface area (Å²) in [5.41, 5.74) is 2.20. The molecular weight excluding hydrogens is 350 g/mol. The van der Waals surface area contributed by atoms with Gasteiger partial charge >= 0.3 is 0 Å². The molecule has 0 unspecified atom stereocenters. The average Bonchev–Trinajstić information content (AvgIpc) is 3.00. The number of hydrogen-bond donors (Lipinski definition) is 1. The number of carbonyl (C=O) groups is 1. The molecule has 1 saturated heterocycles. The van der Waals surface area contributed by atoms with Crippen molar-refractivity contribution in [2.75, 3.05) is 18.1 Å². The van der Waals surface area contributed by atoms with E-state index in [-0.39, 0.29) is 23.3 Å². The van der Waals surface area contributed by atoms with E-state index in [1.165, 1.54) is 0 Å². The van der Waals surface area contributed by atoms with Crippen molar-refractivity contribution < 1.29 is 17.9 Å². The van der Waals surface area contributed by atoms with Crippen LogP contribution in [0.3, 0.4) is 0 Å². The fourth-order valence-electron chi connectivity index (χ4n) is 3.04. The van der Waals surface area contributed by atoms with Crippen LogP contribution in [0.25, 0.3) is 11.1 Å². The van der Waals surface area contributed by atoms with Crippen LogP contribution in [0.5, 0.6) is 5.75 Å². The summed E-state index contributed by atoms with van der Waals surface area (Å²) in [6.07, 6.45) is -0.0331. The molecule has 0 radical (unpaired) electrons. The minimum atomic E-state index is -2.92. The molecule has 5 nitrogen and oxygen atoms in total. The van der Waals surface area contributed by atoms with E-state index in [0.717, 1.165) is 11.1 Å². The van der Waals surface area contributed by atoms with Gasteiger partial charge in [-0.1, -0.05) is 42.5 Å². The topological polar surface area (TPSA) is 72.5 Å². The Morgan fingerprint density at radius 2 is 1.77 bits per heavy atom. The van der Waals surface area contributed by atoms with E-state index < -0.39 is 15.9 Å². The van der Waals surface area contributed by atoms with Gasteiger partial charge in [0.25, 0.3) is 5.91 Å². The molecule has 1 fully saturated rings. The molecule has 0 aliphatic carbocycles. The highest BCUT2D eigenvalue weighted by Gasteiger charge is 2.28. The Morgan fingerprint density at radius 3 is 2.38 bits per heavy atom. The third kappa shape index (κ3) is 4.85. The van der Waals surface area contributed by atoms with E-state index in [1.807, 2.05) is 54.6 Å². The van der Waals surface area contributed by atoms with E-state index >= 15 is 0 Å². The molecule has 2 atom stereocenters. The van der Waals surface area contributed by atoms with Crippen molar-refractivity contribution in [2.24, 2.45) is 5.92 Å². The maximum atomic E-state index is 12.2. The summed E-state index contributed by atoms with van der Waals surface area (Å²) < 4.78 is 28.6. The van der Waals surface area contributed by atoms with Crippen LogP contribution in [0.1, 0.15) is 13.3 Å². The zero-order chi connectivity index (χ0) is 18.6. The van der Waals surface area contributed by atoms with Crippen molar-refractivity contribution in [1.29, 1.82) is 0 Å². The Bertz CT molecular complexity index is 847. The molecule has 0 aromatic heterocycles. The summed E-state index contributed by atoms with van der Waals surface area (Å²) in [6.45, 7) is 2.06. The maximum absolute atomic E-state index is 12.2. The summed E-state index contributed by atoms with van der Waals surface area (Å²) in [4.78, 5) is 12.2. The predicted octanol–water partition coefficient (Wildman–Crippen LogP) is 2.67. The second-order valence-electron chi connectivity index (χ2n) is 6.66. The lowest BCUT2D eigenvalue weighted by molar-refractivity contribution is -0.127. The first-order valence-corrected chi connectivity index (χ1v) is 10.6. The van der Waals surface area contributed by atoms with Crippen molar-refractivity contribution in [1.82, 2.24) is 5.32 Å². The van der Waals surface area contributed by atoms with Crippen molar-refractivity contribution >= 4 is 15.7 Å². The van der Waals surface area contributed by atoms with E-state index in [4.69, 9.17) is 4.74 Å². The third-order valence-electron chi connectivity index (χ3n) is 4.54. The molecule has 1 aliphatic heterocycles. The van der Waals surface area contributed by atoms with Gasteiger partial charge < -0.3 is 10.1 Å². The number of amides is 1. The first-order chi connectivity index (χ1) is 12.4. The minimum absolute atomic E-state index is 0.00121. The molecule has 3 rings (SSSR count). The zero-order valence-electron chi connectivity index (χ0n) is 14.7. The van der Waals surface area contributed by atoms with Gasteiger partial charge in [0.2, 0.25) is 0 Å². The Balaban J connectivity index is 1.51. The molecule has 0 spiro atoms. The minimum Gasteiger partial charge on any atom is -0.481 e. The number of ether oxygens (including phenoxy) is 1. The molecule has 0 bridgehead atoms. The molecule has 6 heteroatoms. The first-order valence-electron chi connectivity index (χ1n) is 8.73. The zero-order valence-corrected chi connectivity index (χ0v) is 15.5. The van der Waals surface area contributed by atoms with E-state index in [0.29, 0.717) is 18.7 Å². The van der Waals surface area contributed by atoms with Crippen LogP contribution in [0.4, 0.5) is 0 Å². The Labute approximate surface area is 154 Å². The number of nitrogens with one attached hydrogen (secondary N) is 1.